The molecule has 3 aliphatic heterocycles. The molecule has 2 amide bonds. The Kier molecular flexibility index (Phi) is 6.84. The van der Waals surface area contributed by atoms with E-state index in [4.69, 9.17) is 9.47 Å². The van der Waals surface area contributed by atoms with E-state index >= 15 is 0 Å². The Morgan fingerprint density at radius 1 is 0.921 bits per heavy atom. The molecule has 0 N–H and O–H groups in total. The van der Waals surface area contributed by atoms with Crippen LogP contribution in [0.5, 0.6) is 11.5 Å². The fourth-order valence-electron chi connectivity index (χ4n) is 5.95. The monoisotopic (exact) mass is 531 g/mol. The maximum atomic E-state index is 13.9. The van der Waals surface area contributed by atoms with Gasteiger partial charge in [-0.25, -0.2) is 0 Å². The average Bonchev–Trinajstić information content (AvgIpc) is 3.55. The second kappa shape index (κ2) is 10.4. The fourth-order valence-corrected chi connectivity index (χ4v) is 6.86. The molecule has 6 rings (SSSR count). The summed E-state index contributed by atoms with van der Waals surface area (Å²) in [6.45, 7) is 7.56. The minimum Gasteiger partial charge on any atom is -0.454 e. The van der Waals surface area contributed by atoms with Crippen LogP contribution >= 0.6 is 11.3 Å². The van der Waals surface area contributed by atoms with E-state index in [1.165, 1.54) is 21.6 Å². The number of hydrogen-bond donors (Lipinski definition) is 0. The first kappa shape index (κ1) is 24.9. The van der Waals surface area contributed by atoms with Crippen LogP contribution in [0, 0.1) is 6.92 Å². The predicted molar refractivity (Wildman–Crippen MR) is 147 cm³/mol. The summed E-state index contributed by atoms with van der Waals surface area (Å²) in [7, 11) is 0. The Hall–Kier alpha value is -3.36. The number of carbonyl (C=O) groups is 2. The summed E-state index contributed by atoms with van der Waals surface area (Å²) >= 11 is 1.82. The summed E-state index contributed by atoms with van der Waals surface area (Å²) in [6, 6.07) is 15.9. The Balaban J connectivity index is 1.17. The first-order chi connectivity index (χ1) is 18.5. The maximum Gasteiger partial charge on any atom is 0.254 e. The van der Waals surface area contributed by atoms with E-state index in [1.807, 2.05) is 28.1 Å². The highest BCUT2D eigenvalue weighted by atomic mass is 32.1. The molecule has 1 saturated heterocycles. The third-order valence-electron chi connectivity index (χ3n) is 8.06. The largest absolute Gasteiger partial charge is 0.454 e. The summed E-state index contributed by atoms with van der Waals surface area (Å²) < 4.78 is 10.8. The summed E-state index contributed by atoms with van der Waals surface area (Å²) in [5.74, 6) is 1.38. The van der Waals surface area contributed by atoms with Crippen LogP contribution < -0.4 is 9.47 Å². The van der Waals surface area contributed by atoms with Gasteiger partial charge >= 0.3 is 0 Å². The molecule has 0 spiro atoms. The lowest BCUT2D eigenvalue weighted by molar-refractivity contribution is -0.137. The van der Waals surface area contributed by atoms with Crippen molar-refractivity contribution >= 4 is 23.2 Å². The van der Waals surface area contributed by atoms with Crippen LogP contribution in [0.4, 0.5) is 0 Å². The molecule has 7 nitrogen and oxygen atoms in total. The standard InChI is InChI=1S/C30H33N3O4S/c1-20-6-3-4-7-23(20)28-24-11-17-38-27(24)10-14-33(28)21(2)29(34)31-12-5-13-32(16-15-31)30(35)22-8-9-25-26(18-22)37-19-36-25/h3-4,6-9,11,17-18,21,28H,5,10,12-16,19H2,1-2H3. The Morgan fingerprint density at radius 2 is 1.71 bits per heavy atom. The molecular weight excluding hydrogens is 498 g/mol. The highest BCUT2D eigenvalue weighted by molar-refractivity contribution is 7.10. The molecule has 1 fully saturated rings. The van der Waals surface area contributed by atoms with E-state index in [0.717, 1.165) is 19.4 Å². The number of carbonyl (C=O) groups excluding carboxylic acids is 2. The van der Waals surface area contributed by atoms with E-state index < -0.39 is 0 Å². The first-order valence-corrected chi connectivity index (χ1v) is 14.2. The lowest BCUT2D eigenvalue weighted by Gasteiger charge is -2.41. The number of aryl methyl sites for hydroxylation is 1. The van der Waals surface area contributed by atoms with Crippen molar-refractivity contribution in [3.8, 4) is 11.5 Å². The predicted octanol–water partition coefficient (Wildman–Crippen LogP) is 4.50. The molecule has 198 valence electrons. The zero-order valence-electron chi connectivity index (χ0n) is 21.9. The molecule has 8 heteroatoms. The van der Waals surface area contributed by atoms with Gasteiger partial charge in [0, 0.05) is 43.2 Å². The van der Waals surface area contributed by atoms with Crippen LogP contribution in [0.3, 0.4) is 0 Å². The number of fused-ring (bicyclic) bond motifs is 2. The van der Waals surface area contributed by atoms with E-state index in [2.05, 4.69) is 47.5 Å². The number of benzene rings is 2. The second-order valence-corrected chi connectivity index (χ2v) is 11.3. The van der Waals surface area contributed by atoms with Gasteiger partial charge in [0.1, 0.15) is 0 Å². The van der Waals surface area contributed by atoms with Gasteiger partial charge < -0.3 is 19.3 Å². The normalized spacial score (nSPS) is 20.1. The highest BCUT2D eigenvalue weighted by Gasteiger charge is 2.37. The Morgan fingerprint density at radius 3 is 2.58 bits per heavy atom. The minimum atomic E-state index is -0.260. The van der Waals surface area contributed by atoms with Crippen molar-refractivity contribution in [1.29, 1.82) is 0 Å². The fraction of sp³-hybridized carbons (Fsp3) is 0.400. The number of nitrogens with zero attached hydrogens (tertiary/aromatic N) is 3. The van der Waals surface area contributed by atoms with Gasteiger partial charge in [0.05, 0.1) is 12.1 Å². The van der Waals surface area contributed by atoms with Gasteiger partial charge in [-0.2, -0.15) is 0 Å². The lowest BCUT2D eigenvalue weighted by Crippen LogP contribution is -2.51. The summed E-state index contributed by atoms with van der Waals surface area (Å²) in [5.41, 5.74) is 4.42. The van der Waals surface area contributed by atoms with Crippen LogP contribution in [0.1, 0.15) is 51.3 Å². The van der Waals surface area contributed by atoms with Crippen molar-refractivity contribution in [2.45, 2.75) is 38.8 Å². The zero-order chi connectivity index (χ0) is 26.2. The molecule has 4 heterocycles. The molecule has 2 unspecified atom stereocenters. The second-order valence-electron chi connectivity index (χ2n) is 10.3. The van der Waals surface area contributed by atoms with Crippen LogP contribution in [-0.4, -0.2) is 72.1 Å². The molecule has 38 heavy (non-hydrogen) atoms. The maximum absolute atomic E-state index is 13.9. The van der Waals surface area contributed by atoms with E-state index in [-0.39, 0.29) is 30.7 Å². The summed E-state index contributed by atoms with van der Waals surface area (Å²) in [6.07, 6.45) is 1.72. The third kappa shape index (κ3) is 4.56. The SMILES string of the molecule is Cc1ccccc1C1c2ccsc2CCN1C(C)C(=O)N1CCCN(C(=O)c2ccc3c(c2)OCO3)CC1. The number of thiophene rings is 1. The van der Waals surface area contributed by atoms with Crippen molar-refractivity contribution in [2.24, 2.45) is 0 Å². The molecule has 0 bridgehead atoms. The van der Waals surface area contributed by atoms with Gasteiger partial charge in [0.2, 0.25) is 12.7 Å². The van der Waals surface area contributed by atoms with Gasteiger partial charge in [-0.05, 0) is 73.0 Å². The topological polar surface area (TPSA) is 62.3 Å². The van der Waals surface area contributed by atoms with Crippen LogP contribution in [0.15, 0.2) is 53.9 Å². The number of hydrogen-bond acceptors (Lipinski definition) is 6. The number of rotatable bonds is 4. The average molecular weight is 532 g/mol. The summed E-state index contributed by atoms with van der Waals surface area (Å²) in [4.78, 5) is 34.7. The van der Waals surface area contributed by atoms with Crippen molar-refractivity contribution in [1.82, 2.24) is 14.7 Å². The lowest BCUT2D eigenvalue weighted by atomic mass is 9.89. The van der Waals surface area contributed by atoms with Crippen molar-refractivity contribution in [3.63, 3.8) is 0 Å². The Bertz CT molecular complexity index is 1350. The molecule has 2 atom stereocenters. The van der Waals surface area contributed by atoms with Crippen LogP contribution in [0.25, 0.3) is 0 Å². The van der Waals surface area contributed by atoms with Crippen LogP contribution in [-0.2, 0) is 11.2 Å². The van der Waals surface area contributed by atoms with E-state index in [1.54, 1.807) is 18.2 Å². The summed E-state index contributed by atoms with van der Waals surface area (Å²) in [5, 5.41) is 2.17. The van der Waals surface area contributed by atoms with E-state index in [9.17, 15) is 9.59 Å². The zero-order valence-corrected chi connectivity index (χ0v) is 22.7. The van der Waals surface area contributed by atoms with Gasteiger partial charge in [-0.3, -0.25) is 14.5 Å². The number of ether oxygens (including phenoxy) is 2. The Labute approximate surface area is 227 Å². The smallest absolute Gasteiger partial charge is 0.254 e. The molecular formula is C30H33N3O4S. The van der Waals surface area contributed by atoms with Gasteiger partial charge in [0.15, 0.2) is 11.5 Å². The minimum absolute atomic E-state index is 0.0359. The van der Waals surface area contributed by atoms with Gasteiger partial charge in [0.25, 0.3) is 5.91 Å². The van der Waals surface area contributed by atoms with Crippen molar-refractivity contribution < 1.29 is 19.1 Å². The molecule has 0 radical (unpaired) electrons. The van der Waals surface area contributed by atoms with Gasteiger partial charge in [-0.1, -0.05) is 24.3 Å². The molecule has 0 aliphatic carbocycles. The van der Waals surface area contributed by atoms with Gasteiger partial charge in [-0.15, -0.1) is 11.3 Å². The number of amides is 2. The van der Waals surface area contributed by atoms with E-state index in [0.29, 0.717) is 43.2 Å². The molecule has 3 aliphatic rings. The molecule has 2 aromatic carbocycles. The highest BCUT2D eigenvalue weighted by Crippen LogP contribution is 2.40. The van der Waals surface area contributed by atoms with Crippen molar-refractivity contribution in [2.75, 3.05) is 39.5 Å². The molecule has 1 aromatic heterocycles. The third-order valence-corrected chi connectivity index (χ3v) is 9.05. The van der Waals surface area contributed by atoms with Crippen LogP contribution in [0.2, 0.25) is 0 Å². The molecule has 3 aromatic rings. The molecule has 0 saturated carbocycles. The quantitative estimate of drug-likeness (QED) is 0.496. The van der Waals surface area contributed by atoms with Crippen molar-refractivity contribution in [3.05, 3.63) is 81.0 Å². The first-order valence-electron chi connectivity index (χ1n) is 13.4.